The molecule has 1 aliphatic rings. The molecule has 0 aliphatic heterocycles. The van der Waals surface area contributed by atoms with E-state index in [4.69, 9.17) is 4.74 Å². The number of rotatable bonds is 4. The van der Waals surface area contributed by atoms with Gasteiger partial charge in [0.05, 0.1) is 0 Å². The van der Waals surface area contributed by atoms with Crippen LogP contribution in [-0.2, 0) is 5.41 Å². The lowest BCUT2D eigenvalue weighted by Crippen LogP contribution is -2.38. The lowest BCUT2D eigenvalue weighted by Gasteiger charge is -2.24. The molecule has 0 amide bonds. The fraction of sp³-hybridized carbons (Fsp3) is 0.647. The van der Waals surface area contributed by atoms with Crippen molar-refractivity contribution in [1.82, 2.24) is 5.32 Å². The Hall–Kier alpha value is -1.02. The molecule has 0 bridgehead atoms. The molecule has 2 nitrogen and oxygen atoms in total. The van der Waals surface area contributed by atoms with Crippen molar-refractivity contribution >= 4 is 0 Å². The molecule has 2 unspecified atom stereocenters. The van der Waals surface area contributed by atoms with E-state index in [0.717, 1.165) is 18.7 Å². The summed E-state index contributed by atoms with van der Waals surface area (Å²) in [6.45, 7) is 9.90. The van der Waals surface area contributed by atoms with E-state index in [0.29, 0.717) is 12.1 Å². The van der Waals surface area contributed by atoms with Gasteiger partial charge >= 0.3 is 0 Å². The normalized spacial score (nSPS) is 23.6. The van der Waals surface area contributed by atoms with Crippen LogP contribution in [0.4, 0.5) is 0 Å². The smallest absolute Gasteiger partial charge is 0.120 e. The minimum absolute atomic E-state index is 0.177. The van der Waals surface area contributed by atoms with Gasteiger partial charge in [0.15, 0.2) is 0 Å². The summed E-state index contributed by atoms with van der Waals surface area (Å²) < 4.78 is 6.21. The molecule has 106 valence electrons. The molecule has 1 aromatic rings. The van der Waals surface area contributed by atoms with Crippen molar-refractivity contribution in [2.45, 2.75) is 64.5 Å². The van der Waals surface area contributed by atoms with Gasteiger partial charge in [-0.1, -0.05) is 39.8 Å². The fourth-order valence-electron chi connectivity index (χ4n) is 2.77. The molecule has 2 atom stereocenters. The van der Waals surface area contributed by atoms with Gasteiger partial charge in [0, 0.05) is 6.04 Å². The Morgan fingerprint density at radius 3 is 2.74 bits per heavy atom. The molecular weight excluding hydrogens is 234 g/mol. The number of hydrogen-bond acceptors (Lipinski definition) is 2. The fourth-order valence-corrected chi connectivity index (χ4v) is 2.77. The number of hydrogen-bond donors (Lipinski definition) is 1. The molecule has 0 heterocycles. The van der Waals surface area contributed by atoms with Crippen LogP contribution in [0.3, 0.4) is 0 Å². The topological polar surface area (TPSA) is 21.3 Å². The van der Waals surface area contributed by atoms with Crippen LogP contribution in [0, 0.1) is 0 Å². The zero-order valence-electron chi connectivity index (χ0n) is 12.7. The van der Waals surface area contributed by atoms with Gasteiger partial charge in [-0.2, -0.15) is 0 Å². The van der Waals surface area contributed by atoms with Gasteiger partial charge in [-0.15, -0.1) is 0 Å². The molecule has 1 fully saturated rings. The second-order valence-electron chi connectivity index (χ2n) is 6.53. The third-order valence-electron chi connectivity index (χ3n) is 3.91. The molecule has 2 heteroatoms. The van der Waals surface area contributed by atoms with Crippen LogP contribution in [0.2, 0.25) is 0 Å². The Bertz CT molecular complexity index is 408. The van der Waals surface area contributed by atoms with E-state index in [9.17, 15) is 0 Å². The Morgan fingerprint density at radius 1 is 1.26 bits per heavy atom. The van der Waals surface area contributed by atoms with E-state index in [2.05, 4.69) is 57.3 Å². The van der Waals surface area contributed by atoms with Gasteiger partial charge in [-0.3, -0.25) is 0 Å². The summed E-state index contributed by atoms with van der Waals surface area (Å²) in [6, 6.07) is 9.08. The minimum atomic E-state index is 0.177. The lowest BCUT2D eigenvalue weighted by molar-refractivity contribution is 0.175. The Labute approximate surface area is 117 Å². The molecule has 1 aromatic carbocycles. The molecule has 1 aliphatic carbocycles. The highest BCUT2D eigenvalue weighted by atomic mass is 16.5. The number of nitrogens with one attached hydrogen (secondary N) is 1. The quantitative estimate of drug-likeness (QED) is 0.887. The summed E-state index contributed by atoms with van der Waals surface area (Å²) in [6.07, 6.45) is 3.99. The average molecular weight is 261 g/mol. The molecule has 2 rings (SSSR count). The van der Waals surface area contributed by atoms with Gasteiger partial charge in [0.1, 0.15) is 11.9 Å². The molecule has 1 N–H and O–H groups in total. The molecule has 19 heavy (non-hydrogen) atoms. The standard InChI is InChI=1S/C17H27NO/c1-5-18-15-10-7-11-16(15)19-14-9-6-8-13(12-14)17(2,3)4/h6,8-9,12,15-16,18H,5,7,10-11H2,1-4H3. The summed E-state index contributed by atoms with van der Waals surface area (Å²) in [7, 11) is 0. The highest BCUT2D eigenvalue weighted by Gasteiger charge is 2.28. The zero-order chi connectivity index (χ0) is 13.9. The maximum atomic E-state index is 6.21. The van der Waals surface area contributed by atoms with Crippen molar-refractivity contribution in [2.24, 2.45) is 0 Å². The predicted molar refractivity (Wildman–Crippen MR) is 80.9 cm³/mol. The van der Waals surface area contributed by atoms with Crippen LogP contribution < -0.4 is 10.1 Å². The lowest BCUT2D eigenvalue weighted by atomic mass is 9.87. The van der Waals surface area contributed by atoms with E-state index in [1.165, 1.54) is 18.4 Å². The van der Waals surface area contributed by atoms with Crippen LogP contribution in [0.15, 0.2) is 24.3 Å². The summed E-state index contributed by atoms with van der Waals surface area (Å²) in [5.41, 5.74) is 1.51. The SMILES string of the molecule is CCNC1CCCC1Oc1cccc(C(C)(C)C)c1. The van der Waals surface area contributed by atoms with Crippen LogP contribution >= 0.6 is 0 Å². The van der Waals surface area contributed by atoms with Crippen molar-refractivity contribution in [3.63, 3.8) is 0 Å². The number of benzene rings is 1. The van der Waals surface area contributed by atoms with Crippen LogP contribution in [0.25, 0.3) is 0 Å². The van der Waals surface area contributed by atoms with Crippen LogP contribution in [-0.4, -0.2) is 18.7 Å². The molecule has 1 saturated carbocycles. The first kappa shape index (κ1) is 14.4. The van der Waals surface area contributed by atoms with E-state index in [-0.39, 0.29) is 5.41 Å². The first-order valence-electron chi connectivity index (χ1n) is 7.51. The van der Waals surface area contributed by atoms with Gasteiger partial charge in [-0.05, 0) is 48.9 Å². The largest absolute Gasteiger partial charge is 0.489 e. The van der Waals surface area contributed by atoms with Gasteiger partial charge in [0.2, 0.25) is 0 Å². The van der Waals surface area contributed by atoms with Crippen molar-refractivity contribution < 1.29 is 4.74 Å². The van der Waals surface area contributed by atoms with Crippen molar-refractivity contribution in [3.8, 4) is 5.75 Å². The van der Waals surface area contributed by atoms with Gasteiger partial charge < -0.3 is 10.1 Å². The van der Waals surface area contributed by atoms with Gasteiger partial charge in [0.25, 0.3) is 0 Å². The Morgan fingerprint density at radius 2 is 2.05 bits per heavy atom. The first-order chi connectivity index (χ1) is 9.00. The highest BCUT2D eigenvalue weighted by molar-refractivity contribution is 5.32. The molecule has 0 aromatic heterocycles. The maximum absolute atomic E-state index is 6.21. The van der Waals surface area contributed by atoms with Crippen LogP contribution in [0.1, 0.15) is 52.5 Å². The monoisotopic (exact) mass is 261 g/mol. The maximum Gasteiger partial charge on any atom is 0.120 e. The first-order valence-corrected chi connectivity index (χ1v) is 7.51. The Kier molecular flexibility index (Phi) is 4.51. The molecule has 0 radical (unpaired) electrons. The van der Waals surface area contributed by atoms with Gasteiger partial charge in [-0.25, -0.2) is 0 Å². The van der Waals surface area contributed by atoms with Crippen molar-refractivity contribution in [2.75, 3.05) is 6.54 Å². The summed E-state index contributed by atoms with van der Waals surface area (Å²) in [4.78, 5) is 0. The van der Waals surface area contributed by atoms with Crippen molar-refractivity contribution in [1.29, 1.82) is 0 Å². The number of likely N-dealkylation sites (N-methyl/N-ethyl adjacent to an activating group) is 1. The van der Waals surface area contributed by atoms with Crippen molar-refractivity contribution in [3.05, 3.63) is 29.8 Å². The third-order valence-corrected chi connectivity index (χ3v) is 3.91. The number of ether oxygens (including phenoxy) is 1. The second-order valence-corrected chi connectivity index (χ2v) is 6.53. The average Bonchev–Trinajstić information content (AvgIpc) is 2.77. The summed E-state index contributed by atoms with van der Waals surface area (Å²) >= 11 is 0. The van der Waals surface area contributed by atoms with E-state index in [1.807, 2.05) is 0 Å². The van der Waals surface area contributed by atoms with E-state index < -0.39 is 0 Å². The molecular formula is C17H27NO. The summed E-state index contributed by atoms with van der Waals surface area (Å²) in [5, 5.41) is 3.53. The van der Waals surface area contributed by atoms with E-state index >= 15 is 0 Å². The van der Waals surface area contributed by atoms with E-state index in [1.54, 1.807) is 0 Å². The minimum Gasteiger partial charge on any atom is -0.489 e. The third kappa shape index (κ3) is 3.73. The summed E-state index contributed by atoms with van der Waals surface area (Å²) in [5.74, 6) is 1.02. The molecule has 0 spiro atoms. The molecule has 0 saturated heterocycles. The second kappa shape index (κ2) is 5.96. The predicted octanol–water partition coefficient (Wildman–Crippen LogP) is 3.89. The van der Waals surface area contributed by atoms with Crippen LogP contribution in [0.5, 0.6) is 5.75 Å². The Balaban J connectivity index is 2.06. The zero-order valence-corrected chi connectivity index (χ0v) is 12.7. The highest BCUT2D eigenvalue weighted by Crippen LogP contribution is 2.29.